The van der Waals surface area contributed by atoms with Crippen LogP contribution in [0.4, 0.5) is 13.2 Å². The molecule has 0 heterocycles. The van der Waals surface area contributed by atoms with E-state index in [1.165, 1.54) is 6.92 Å². The Morgan fingerprint density at radius 3 is 2.50 bits per heavy atom. The fourth-order valence-corrected chi connectivity index (χ4v) is 1.60. The summed E-state index contributed by atoms with van der Waals surface area (Å²) >= 11 is 5.61. The van der Waals surface area contributed by atoms with Crippen molar-refractivity contribution in [2.75, 3.05) is 6.61 Å². The average Bonchev–Trinajstić information content (AvgIpc) is 2.35. The van der Waals surface area contributed by atoms with Crippen LogP contribution in [0.2, 0.25) is 5.02 Å². The molecule has 0 atom stereocenters. The number of halogens is 4. The number of benzene rings is 1. The van der Waals surface area contributed by atoms with Crippen LogP contribution in [-0.4, -0.2) is 29.8 Å². The molecule has 1 N–H and O–H groups in total. The van der Waals surface area contributed by atoms with Crippen molar-refractivity contribution < 1.29 is 37.3 Å². The molecule has 0 saturated carbocycles. The molecule has 0 aromatic heterocycles. The molecule has 5 nitrogen and oxygen atoms in total. The molecule has 9 heteroatoms. The summed E-state index contributed by atoms with van der Waals surface area (Å²) in [5, 5.41) is 9.53. The molecule has 1 aromatic carbocycles. The lowest BCUT2D eigenvalue weighted by molar-refractivity contribution is -0.274. The summed E-state index contributed by atoms with van der Waals surface area (Å²) in [6, 6.07) is 2.78. The first-order valence-corrected chi connectivity index (χ1v) is 6.18. The molecule has 0 bridgehead atoms. The van der Waals surface area contributed by atoms with E-state index < -0.39 is 29.6 Å². The van der Waals surface area contributed by atoms with E-state index in [9.17, 15) is 27.9 Å². The molecule has 1 aromatic rings. The Morgan fingerprint density at radius 1 is 1.32 bits per heavy atom. The Labute approximate surface area is 127 Å². The fourth-order valence-electron chi connectivity index (χ4n) is 1.37. The maximum atomic E-state index is 12.1. The molecule has 0 amide bonds. The standard InChI is InChI=1S/C13H10ClF3O5/c1-2-21-12(20)11(19)6-10(18)7-3-8(14)5-9(4-7)22-13(15,16)17/h3-6,18H,2H2,1H3/b10-6-. The van der Waals surface area contributed by atoms with Crippen LogP contribution in [0.5, 0.6) is 5.75 Å². The van der Waals surface area contributed by atoms with Crippen LogP contribution < -0.4 is 4.74 Å². The number of esters is 1. The van der Waals surface area contributed by atoms with Crippen LogP contribution in [0.15, 0.2) is 24.3 Å². The number of carbonyl (C=O) groups is 2. The molecule has 0 aliphatic carbocycles. The lowest BCUT2D eigenvalue weighted by Gasteiger charge is -2.10. The van der Waals surface area contributed by atoms with Gasteiger partial charge in [0.2, 0.25) is 0 Å². The topological polar surface area (TPSA) is 72.8 Å². The minimum absolute atomic E-state index is 0.0418. The van der Waals surface area contributed by atoms with Crippen molar-refractivity contribution >= 4 is 29.1 Å². The van der Waals surface area contributed by atoms with E-state index >= 15 is 0 Å². The maximum Gasteiger partial charge on any atom is 0.573 e. The normalized spacial score (nSPS) is 12.0. The highest BCUT2D eigenvalue weighted by Gasteiger charge is 2.31. The van der Waals surface area contributed by atoms with E-state index in [0.717, 1.165) is 18.2 Å². The molecule has 0 spiro atoms. The van der Waals surface area contributed by atoms with E-state index in [1.54, 1.807) is 0 Å². The quantitative estimate of drug-likeness (QED) is 0.386. The Hall–Kier alpha value is -2.22. The Morgan fingerprint density at radius 2 is 1.95 bits per heavy atom. The number of alkyl halides is 3. The van der Waals surface area contributed by atoms with Crippen molar-refractivity contribution in [3.63, 3.8) is 0 Å². The zero-order valence-electron chi connectivity index (χ0n) is 11.1. The van der Waals surface area contributed by atoms with Gasteiger partial charge in [0.25, 0.3) is 5.78 Å². The number of aliphatic hydroxyl groups excluding tert-OH is 1. The summed E-state index contributed by atoms with van der Waals surface area (Å²) in [4.78, 5) is 22.5. The number of ketones is 1. The monoisotopic (exact) mass is 338 g/mol. The molecular weight excluding hydrogens is 329 g/mol. The number of rotatable bonds is 5. The van der Waals surface area contributed by atoms with Gasteiger partial charge in [-0.1, -0.05) is 11.6 Å². The highest BCUT2D eigenvalue weighted by molar-refractivity contribution is 6.39. The van der Waals surface area contributed by atoms with Crippen molar-refractivity contribution in [3.05, 3.63) is 34.9 Å². The van der Waals surface area contributed by atoms with Crippen molar-refractivity contribution in [1.82, 2.24) is 0 Å². The maximum absolute atomic E-state index is 12.1. The predicted octanol–water partition coefficient (Wildman–Crippen LogP) is 3.27. The highest BCUT2D eigenvalue weighted by atomic mass is 35.5. The van der Waals surface area contributed by atoms with Gasteiger partial charge in [0.1, 0.15) is 11.5 Å². The SMILES string of the molecule is CCOC(=O)C(=O)/C=C(\O)c1cc(Cl)cc(OC(F)(F)F)c1. The van der Waals surface area contributed by atoms with Crippen LogP contribution in [-0.2, 0) is 14.3 Å². The van der Waals surface area contributed by atoms with Gasteiger partial charge in [0.15, 0.2) is 0 Å². The number of aliphatic hydroxyl groups is 1. The number of carbonyl (C=O) groups excluding carboxylic acids is 2. The number of ether oxygens (including phenoxy) is 2. The van der Waals surface area contributed by atoms with Crippen molar-refractivity contribution in [3.8, 4) is 5.75 Å². The van der Waals surface area contributed by atoms with Gasteiger partial charge in [-0.25, -0.2) is 4.79 Å². The van der Waals surface area contributed by atoms with Gasteiger partial charge < -0.3 is 14.6 Å². The van der Waals surface area contributed by atoms with Crippen molar-refractivity contribution in [2.45, 2.75) is 13.3 Å². The molecule has 0 aliphatic rings. The summed E-state index contributed by atoms with van der Waals surface area (Å²) < 4.78 is 44.5. The van der Waals surface area contributed by atoms with Crippen LogP contribution in [0.1, 0.15) is 12.5 Å². The second kappa shape index (κ2) is 7.17. The van der Waals surface area contributed by atoms with Crippen molar-refractivity contribution in [1.29, 1.82) is 0 Å². The molecule has 0 fully saturated rings. The largest absolute Gasteiger partial charge is 0.573 e. The third-order valence-electron chi connectivity index (χ3n) is 2.15. The fraction of sp³-hybridized carbons (Fsp3) is 0.231. The number of hydrogen-bond donors (Lipinski definition) is 1. The molecule has 0 radical (unpaired) electrons. The van der Waals surface area contributed by atoms with Crippen molar-refractivity contribution in [2.24, 2.45) is 0 Å². The van der Waals surface area contributed by atoms with Crippen LogP contribution in [0.25, 0.3) is 5.76 Å². The second-order valence-corrected chi connectivity index (χ2v) is 4.27. The van der Waals surface area contributed by atoms with E-state index in [-0.39, 0.29) is 17.2 Å². The zero-order chi connectivity index (χ0) is 16.9. The van der Waals surface area contributed by atoms with Crippen LogP contribution >= 0.6 is 11.6 Å². The predicted molar refractivity (Wildman–Crippen MR) is 70.4 cm³/mol. The first-order chi connectivity index (χ1) is 10.1. The third-order valence-corrected chi connectivity index (χ3v) is 2.36. The summed E-state index contributed by atoms with van der Waals surface area (Å²) in [5.74, 6) is -3.81. The van der Waals surface area contributed by atoms with Crippen LogP contribution in [0.3, 0.4) is 0 Å². The number of hydrogen-bond acceptors (Lipinski definition) is 5. The Balaban J connectivity index is 3.05. The van der Waals surface area contributed by atoms with Gasteiger partial charge in [-0.05, 0) is 25.1 Å². The van der Waals surface area contributed by atoms with Gasteiger partial charge in [0, 0.05) is 16.7 Å². The first kappa shape index (κ1) is 17.8. The average molecular weight is 339 g/mol. The molecule has 22 heavy (non-hydrogen) atoms. The summed E-state index contributed by atoms with van der Waals surface area (Å²) in [7, 11) is 0. The minimum atomic E-state index is -4.94. The highest BCUT2D eigenvalue weighted by Crippen LogP contribution is 2.29. The van der Waals surface area contributed by atoms with E-state index in [0.29, 0.717) is 6.08 Å². The van der Waals surface area contributed by atoms with E-state index in [1.807, 2.05) is 0 Å². The first-order valence-electron chi connectivity index (χ1n) is 5.81. The summed E-state index contributed by atoms with van der Waals surface area (Å²) in [6.45, 7) is 1.44. The van der Waals surface area contributed by atoms with E-state index in [4.69, 9.17) is 11.6 Å². The molecular formula is C13H10ClF3O5. The van der Waals surface area contributed by atoms with Gasteiger partial charge >= 0.3 is 12.3 Å². The lowest BCUT2D eigenvalue weighted by Crippen LogP contribution is -2.17. The van der Waals surface area contributed by atoms with Crippen LogP contribution in [0, 0.1) is 0 Å². The third kappa shape index (κ3) is 5.65. The molecule has 0 aliphatic heterocycles. The molecule has 120 valence electrons. The van der Waals surface area contributed by atoms with Gasteiger partial charge in [-0.3, -0.25) is 4.79 Å². The molecule has 1 rings (SSSR count). The van der Waals surface area contributed by atoms with E-state index in [2.05, 4.69) is 9.47 Å². The lowest BCUT2D eigenvalue weighted by atomic mass is 10.1. The molecule has 0 saturated heterocycles. The Bertz CT molecular complexity index is 610. The second-order valence-electron chi connectivity index (χ2n) is 3.84. The van der Waals surface area contributed by atoms with Gasteiger partial charge in [0.05, 0.1) is 6.61 Å². The summed E-state index contributed by atoms with van der Waals surface area (Å²) in [5.41, 5.74) is -0.232. The van der Waals surface area contributed by atoms with Gasteiger partial charge in [-0.2, -0.15) is 0 Å². The minimum Gasteiger partial charge on any atom is -0.507 e. The summed E-state index contributed by atoms with van der Waals surface area (Å²) in [6.07, 6.45) is -4.43. The van der Waals surface area contributed by atoms with Gasteiger partial charge in [-0.15, -0.1) is 13.2 Å². The molecule has 0 unspecified atom stereocenters. The zero-order valence-corrected chi connectivity index (χ0v) is 11.9. The Kier molecular flexibility index (Phi) is 5.81. The smallest absolute Gasteiger partial charge is 0.507 e.